The molecule has 0 saturated heterocycles. The van der Waals surface area contributed by atoms with Gasteiger partial charge in [-0.15, -0.1) is 0 Å². The number of nitrogens with one attached hydrogen (secondary N) is 2. The molecule has 2 aliphatic rings. The number of amides is 2. The number of hydrogen-bond donors (Lipinski definition) is 2. The van der Waals surface area contributed by atoms with Crippen molar-refractivity contribution in [2.45, 2.75) is 32.5 Å². The highest BCUT2D eigenvalue weighted by Gasteiger charge is 2.33. The number of pyridine rings is 1. The minimum atomic E-state index is -1.34. The first-order valence-electron chi connectivity index (χ1n) is 12.7. The molecule has 2 amide bonds. The summed E-state index contributed by atoms with van der Waals surface area (Å²) in [6.07, 6.45) is 3.68. The van der Waals surface area contributed by atoms with Crippen molar-refractivity contribution >= 4 is 23.2 Å². The molecule has 9 nitrogen and oxygen atoms in total. The van der Waals surface area contributed by atoms with Crippen LogP contribution in [-0.2, 0) is 11.3 Å². The predicted molar refractivity (Wildman–Crippen MR) is 143 cm³/mol. The maximum atomic E-state index is 14.8. The summed E-state index contributed by atoms with van der Waals surface area (Å²) in [6.45, 7) is 2.93. The molecule has 2 aliphatic heterocycles. The zero-order valence-corrected chi connectivity index (χ0v) is 21.1. The van der Waals surface area contributed by atoms with Crippen LogP contribution in [0.5, 0.6) is 5.88 Å². The van der Waals surface area contributed by atoms with Crippen LogP contribution in [0.2, 0.25) is 0 Å². The molecule has 196 valence electrons. The standard InChI is InChI=1S/C29H25FN6O3/c1-17-14-19(16-31-15-17)24-22(29-36(35-24)12-5-6-13-39-29)27(37)34-26-28(38)33-25-20(10-7-11-21(25)30)23(32-26)18-8-3-2-4-9-18/h2-4,7-11,14-16,26H,5-6,12-13H2,1H3,(H,33,38)(H,34,37)/t26-/m1/s1. The maximum absolute atomic E-state index is 14.8. The minimum absolute atomic E-state index is 0.0103. The number of aryl methyl sites for hydroxylation is 2. The van der Waals surface area contributed by atoms with E-state index in [0.29, 0.717) is 47.1 Å². The van der Waals surface area contributed by atoms with Crippen molar-refractivity contribution in [1.82, 2.24) is 20.1 Å². The highest BCUT2D eigenvalue weighted by Crippen LogP contribution is 2.33. The lowest BCUT2D eigenvalue weighted by Gasteiger charge is -2.14. The van der Waals surface area contributed by atoms with Gasteiger partial charge in [0.05, 0.1) is 18.0 Å². The van der Waals surface area contributed by atoms with Crippen LogP contribution >= 0.6 is 0 Å². The van der Waals surface area contributed by atoms with Crippen molar-refractivity contribution in [3.63, 3.8) is 0 Å². The van der Waals surface area contributed by atoms with Crippen LogP contribution in [0.4, 0.5) is 10.1 Å². The van der Waals surface area contributed by atoms with Gasteiger partial charge in [0.15, 0.2) is 0 Å². The minimum Gasteiger partial charge on any atom is -0.477 e. The van der Waals surface area contributed by atoms with Gasteiger partial charge in [0.2, 0.25) is 12.0 Å². The monoisotopic (exact) mass is 524 g/mol. The number of hydrogen-bond acceptors (Lipinski definition) is 6. The largest absolute Gasteiger partial charge is 0.477 e. The Morgan fingerprint density at radius 1 is 1.10 bits per heavy atom. The van der Waals surface area contributed by atoms with Gasteiger partial charge in [0.1, 0.15) is 17.1 Å². The lowest BCUT2D eigenvalue weighted by molar-refractivity contribution is -0.117. The quantitative estimate of drug-likeness (QED) is 0.418. The summed E-state index contributed by atoms with van der Waals surface area (Å²) < 4.78 is 22.5. The number of ether oxygens (including phenoxy) is 1. The van der Waals surface area contributed by atoms with Crippen molar-refractivity contribution in [3.8, 4) is 17.1 Å². The molecule has 10 heteroatoms. The topological polar surface area (TPSA) is 111 Å². The molecule has 4 heterocycles. The maximum Gasteiger partial charge on any atom is 0.269 e. The average molecular weight is 525 g/mol. The third-order valence-corrected chi connectivity index (χ3v) is 6.62. The molecule has 2 aromatic carbocycles. The SMILES string of the molecule is Cc1cncc(-c2nn3c(c2C(=O)N[C@H]2N=C(c4ccccc4)c4cccc(F)c4NC2=O)OCCCC3)c1. The van der Waals surface area contributed by atoms with Gasteiger partial charge in [-0.1, -0.05) is 42.5 Å². The Kier molecular flexibility index (Phi) is 6.36. The summed E-state index contributed by atoms with van der Waals surface area (Å²) in [6, 6.07) is 15.5. The Labute approximate surface area is 223 Å². The summed E-state index contributed by atoms with van der Waals surface area (Å²) in [5, 5.41) is 10.0. The molecule has 4 aromatic rings. The zero-order valence-electron chi connectivity index (χ0n) is 21.1. The predicted octanol–water partition coefficient (Wildman–Crippen LogP) is 4.11. The third kappa shape index (κ3) is 4.65. The van der Waals surface area contributed by atoms with E-state index in [4.69, 9.17) is 4.74 Å². The first-order valence-corrected chi connectivity index (χ1v) is 12.7. The van der Waals surface area contributed by atoms with Crippen LogP contribution in [-0.4, -0.2) is 45.1 Å². The molecular formula is C29H25FN6O3. The number of benzene rings is 2. The summed E-state index contributed by atoms with van der Waals surface area (Å²) >= 11 is 0. The van der Waals surface area contributed by atoms with Gasteiger partial charge in [0, 0.05) is 35.6 Å². The second-order valence-electron chi connectivity index (χ2n) is 9.43. The number of aromatic nitrogens is 3. The highest BCUT2D eigenvalue weighted by atomic mass is 19.1. The molecule has 2 N–H and O–H groups in total. The highest BCUT2D eigenvalue weighted by molar-refractivity contribution is 6.20. The molecule has 0 unspecified atom stereocenters. The number of benzodiazepines with no additional fused rings is 1. The van der Waals surface area contributed by atoms with Gasteiger partial charge in [-0.3, -0.25) is 14.6 Å². The van der Waals surface area contributed by atoms with Crippen LogP contribution in [0.15, 0.2) is 72.0 Å². The van der Waals surface area contributed by atoms with E-state index >= 15 is 0 Å². The number of carbonyl (C=O) groups excluding carboxylic acids is 2. The van der Waals surface area contributed by atoms with Gasteiger partial charge < -0.3 is 15.4 Å². The summed E-state index contributed by atoms with van der Waals surface area (Å²) in [7, 11) is 0. The summed E-state index contributed by atoms with van der Waals surface area (Å²) in [5.74, 6) is -1.52. The molecule has 0 spiro atoms. The molecule has 0 radical (unpaired) electrons. The van der Waals surface area contributed by atoms with Crippen LogP contribution in [0.25, 0.3) is 11.3 Å². The van der Waals surface area contributed by atoms with E-state index in [1.54, 1.807) is 29.2 Å². The molecule has 1 atom stereocenters. The number of fused-ring (bicyclic) bond motifs is 2. The van der Waals surface area contributed by atoms with Crippen LogP contribution in [0, 0.1) is 12.7 Å². The van der Waals surface area contributed by atoms with E-state index in [2.05, 4.69) is 25.7 Å². The Balaban J connectivity index is 1.43. The number of para-hydroxylation sites is 1. The fourth-order valence-corrected chi connectivity index (χ4v) is 4.79. The number of carbonyl (C=O) groups is 2. The van der Waals surface area contributed by atoms with E-state index in [9.17, 15) is 14.0 Å². The fourth-order valence-electron chi connectivity index (χ4n) is 4.79. The third-order valence-electron chi connectivity index (χ3n) is 6.62. The Bertz CT molecular complexity index is 1610. The normalized spacial score (nSPS) is 16.5. The van der Waals surface area contributed by atoms with E-state index in [0.717, 1.165) is 18.4 Å². The molecule has 6 rings (SSSR count). The van der Waals surface area contributed by atoms with Crippen molar-refractivity contribution in [3.05, 3.63) is 95.1 Å². The number of anilines is 1. The first kappa shape index (κ1) is 24.5. The van der Waals surface area contributed by atoms with Gasteiger partial charge in [0.25, 0.3) is 11.8 Å². The number of nitrogens with zero attached hydrogens (tertiary/aromatic N) is 4. The van der Waals surface area contributed by atoms with Crippen molar-refractivity contribution < 1.29 is 18.7 Å². The Hall–Kier alpha value is -4.86. The van der Waals surface area contributed by atoms with Crippen LogP contribution in [0.1, 0.15) is 39.9 Å². The lowest BCUT2D eigenvalue weighted by atomic mass is 10.0. The summed E-state index contributed by atoms with van der Waals surface area (Å²) in [4.78, 5) is 36.1. The Morgan fingerprint density at radius 2 is 1.95 bits per heavy atom. The number of rotatable bonds is 4. The fraction of sp³-hybridized carbons (Fsp3) is 0.207. The van der Waals surface area contributed by atoms with E-state index < -0.39 is 23.8 Å². The van der Waals surface area contributed by atoms with Crippen molar-refractivity contribution in [2.75, 3.05) is 11.9 Å². The lowest BCUT2D eigenvalue weighted by Crippen LogP contribution is -2.42. The smallest absolute Gasteiger partial charge is 0.269 e. The number of aliphatic imine (C=N–C) groups is 1. The molecule has 0 saturated carbocycles. The van der Waals surface area contributed by atoms with E-state index in [-0.39, 0.29) is 11.3 Å². The molecule has 2 aromatic heterocycles. The van der Waals surface area contributed by atoms with E-state index in [1.807, 2.05) is 43.3 Å². The average Bonchev–Trinajstić information content (AvgIpc) is 3.05. The zero-order chi connectivity index (χ0) is 26.9. The van der Waals surface area contributed by atoms with Crippen LogP contribution in [0.3, 0.4) is 0 Å². The molecule has 0 fully saturated rings. The molecule has 39 heavy (non-hydrogen) atoms. The Morgan fingerprint density at radius 3 is 2.77 bits per heavy atom. The van der Waals surface area contributed by atoms with Gasteiger partial charge in [-0.05, 0) is 37.5 Å². The van der Waals surface area contributed by atoms with E-state index in [1.165, 1.54) is 6.07 Å². The van der Waals surface area contributed by atoms with Crippen LogP contribution < -0.4 is 15.4 Å². The first-order chi connectivity index (χ1) is 19.0. The molecular weight excluding hydrogens is 499 g/mol. The van der Waals surface area contributed by atoms with Gasteiger partial charge in [-0.25, -0.2) is 14.1 Å². The number of halogens is 1. The molecule has 0 bridgehead atoms. The van der Waals surface area contributed by atoms with Crippen molar-refractivity contribution in [1.29, 1.82) is 0 Å². The summed E-state index contributed by atoms with van der Waals surface area (Å²) in [5.41, 5.74) is 3.63. The second kappa shape index (κ2) is 10.1. The second-order valence-corrected chi connectivity index (χ2v) is 9.43. The van der Waals surface area contributed by atoms with Gasteiger partial charge in [-0.2, -0.15) is 5.10 Å². The van der Waals surface area contributed by atoms with Gasteiger partial charge >= 0.3 is 0 Å². The molecule has 0 aliphatic carbocycles. The van der Waals surface area contributed by atoms with Crippen molar-refractivity contribution in [2.24, 2.45) is 4.99 Å².